The molecule has 0 heterocycles. The quantitative estimate of drug-likeness (QED) is 0.922. The summed E-state index contributed by atoms with van der Waals surface area (Å²) < 4.78 is 5.37. The molecule has 2 aromatic rings. The van der Waals surface area contributed by atoms with E-state index < -0.39 is 5.54 Å². The van der Waals surface area contributed by atoms with Gasteiger partial charge < -0.3 is 10.5 Å². The summed E-state index contributed by atoms with van der Waals surface area (Å²) in [5.41, 5.74) is 8.10. The summed E-state index contributed by atoms with van der Waals surface area (Å²) in [6.07, 6.45) is 0.667. The number of benzene rings is 2. The molecular weight excluding hydrogens is 258 g/mol. The number of hydrogen-bond acceptors (Lipinski definition) is 2. The molecule has 0 aliphatic heterocycles. The molecule has 0 aliphatic rings. The van der Waals surface area contributed by atoms with E-state index in [1.807, 2.05) is 55.5 Å². The van der Waals surface area contributed by atoms with Gasteiger partial charge in [-0.05, 0) is 42.7 Å². The van der Waals surface area contributed by atoms with Crippen LogP contribution in [0.5, 0.6) is 5.75 Å². The maximum absolute atomic E-state index is 6.45. The highest BCUT2D eigenvalue weighted by Crippen LogP contribution is 2.29. The lowest BCUT2D eigenvalue weighted by Crippen LogP contribution is -2.35. The van der Waals surface area contributed by atoms with Crippen molar-refractivity contribution in [2.75, 3.05) is 7.11 Å². The summed E-state index contributed by atoms with van der Waals surface area (Å²) in [6.45, 7) is 2.02. The van der Waals surface area contributed by atoms with Gasteiger partial charge >= 0.3 is 0 Å². The summed E-state index contributed by atoms with van der Waals surface area (Å²) in [5.74, 6) is 0.817. The molecule has 0 aromatic heterocycles. The molecule has 1 atom stereocenters. The Bertz CT molecular complexity index is 552. The zero-order valence-corrected chi connectivity index (χ0v) is 11.9. The summed E-state index contributed by atoms with van der Waals surface area (Å²) in [5, 5.41) is 0.694. The van der Waals surface area contributed by atoms with Crippen LogP contribution in [0.25, 0.3) is 0 Å². The minimum atomic E-state index is -0.459. The number of ether oxygens (including phenoxy) is 1. The van der Waals surface area contributed by atoms with Crippen molar-refractivity contribution in [1.82, 2.24) is 0 Å². The fourth-order valence-corrected chi connectivity index (χ4v) is 2.40. The first-order valence-corrected chi connectivity index (χ1v) is 6.57. The molecule has 0 aliphatic carbocycles. The molecular formula is C16H18ClNO. The van der Waals surface area contributed by atoms with Gasteiger partial charge in [0.25, 0.3) is 0 Å². The molecule has 0 bridgehead atoms. The van der Waals surface area contributed by atoms with Crippen LogP contribution in [0.15, 0.2) is 48.5 Å². The smallest absolute Gasteiger partial charge is 0.122 e. The minimum absolute atomic E-state index is 0.459. The van der Waals surface area contributed by atoms with Gasteiger partial charge in [-0.15, -0.1) is 0 Å². The van der Waals surface area contributed by atoms with Crippen molar-refractivity contribution in [1.29, 1.82) is 0 Å². The SMILES string of the molecule is COc1ccc(Cl)cc1CC(C)(N)c1ccccc1. The molecule has 2 nitrogen and oxygen atoms in total. The lowest BCUT2D eigenvalue weighted by Gasteiger charge is -2.26. The molecule has 0 radical (unpaired) electrons. The second kappa shape index (κ2) is 5.64. The molecule has 100 valence electrons. The maximum Gasteiger partial charge on any atom is 0.122 e. The van der Waals surface area contributed by atoms with Gasteiger partial charge in [0.2, 0.25) is 0 Å². The first kappa shape index (κ1) is 13.9. The van der Waals surface area contributed by atoms with Crippen molar-refractivity contribution in [3.63, 3.8) is 0 Å². The Morgan fingerprint density at radius 3 is 2.47 bits per heavy atom. The summed E-state index contributed by atoms with van der Waals surface area (Å²) in [4.78, 5) is 0. The first-order valence-electron chi connectivity index (χ1n) is 6.20. The van der Waals surface area contributed by atoms with Gasteiger partial charge in [-0.25, -0.2) is 0 Å². The number of methoxy groups -OCH3 is 1. The zero-order chi connectivity index (χ0) is 13.9. The van der Waals surface area contributed by atoms with Crippen molar-refractivity contribution in [2.24, 2.45) is 5.73 Å². The van der Waals surface area contributed by atoms with Crippen molar-refractivity contribution < 1.29 is 4.74 Å². The molecule has 1 unspecified atom stereocenters. The second-order valence-electron chi connectivity index (χ2n) is 4.92. The Morgan fingerprint density at radius 2 is 1.84 bits per heavy atom. The third-order valence-corrected chi connectivity index (χ3v) is 3.47. The molecule has 0 spiro atoms. The van der Waals surface area contributed by atoms with Gasteiger partial charge in [0.1, 0.15) is 5.75 Å². The molecule has 2 aromatic carbocycles. The van der Waals surface area contributed by atoms with E-state index >= 15 is 0 Å². The number of halogens is 1. The van der Waals surface area contributed by atoms with Gasteiger partial charge in [0.05, 0.1) is 7.11 Å². The Balaban J connectivity index is 2.32. The van der Waals surface area contributed by atoms with E-state index in [1.165, 1.54) is 0 Å². The average Bonchev–Trinajstić information content (AvgIpc) is 2.39. The summed E-state index contributed by atoms with van der Waals surface area (Å²) in [6, 6.07) is 15.7. The van der Waals surface area contributed by atoms with E-state index in [0.717, 1.165) is 16.9 Å². The van der Waals surface area contributed by atoms with Crippen molar-refractivity contribution in [3.05, 3.63) is 64.7 Å². The van der Waals surface area contributed by atoms with Crippen LogP contribution in [0.3, 0.4) is 0 Å². The van der Waals surface area contributed by atoms with E-state index in [2.05, 4.69) is 0 Å². The molecule has 0 fully saturated rings. The second-order valence-corrected chi connectivity index (χ2v) is 5.35. The maximum atomic E-state index is 6.45. The van der Waals surface area contributed by atoms with Crippen LogP contribution < -0.4 is 10.5 Å². The highest BCUT2D eigenvalue weighted by molar-refractivity contribution is 6.30. The van der Waals surface area contributed by atoms with Gasteiger partial charge in [0, 0.05) is 10.6 Å². The third kappa shape index (κ3) is 3.28. The highest BCUT2D eigenvalue weighted by Gasteiger charge is 2.23. The Hall–Kier alpha value is -1.51. The van der Waals surface area contributed by atoms with Crippen LogP contribution in [-0.4, -0.2) is 7.11 Å². The predicted octanol–water partition coefficient (Wildman–Crippen LogP) is 3.77. The van der Waals surface area contributed by atoms with Gasteiger partial charge in [-0.1, -0.05) is 41.9 Å². The molecule has 0 saturated carbocycles. The fourth-order valence-electron chi connectivity index (χ4n) is 2.20. The largest absolute Gasteiger partial charge is 0.496 e. The minimum Gasteiger partial charge on any atom is -0.496 e. The van der Waals surface area contributed by atoms with E-state index in [1.54, 1.807) is 7.11 Å². The Labute approximate surface area is 119 Å². The van der Waals surface area contributed by atoms with Gasteiger partial charge in [0.15, 0.2) is 0 Å². The Kier molecular flexibility index (Phi) is 4.13. The van der Waals surface area contributed by atoms with E-state index in [0.29, 0.717) is 11.4 Å². The molecule has 2 N–H and O–H groups in total. The molecule has 2 rings (SSSR count). The lowest BCUT2D eigenvalue weighted by molar-refractivity contribution is 0.400. The van der Waals surface area contributed by atoms with Crippen LogP contribution in [0, 0.1) is 0 Å². The van der Waals surface area contributed by atoms with Crippen LogP contribution in [0.1, 0.15) is 18.1 Å². The normalized spacial score (nSPS) is 13.9. The predicted molar refractivity (Wildman–Crippen MR) is 79.7 cm³/mol. The lowest BCUT2D eigenvalue weighted by atomic mass is 9.86. The van der Waals surface area contributed by atoms with Gasteiger partial charge in [-0.2, -0.15) is 0 Å². The van der Waals surface area contributed by atoms with Crippen LogP contribution >= 0.6 is 11.6 Å². The monoisotopic (exact) mass is 275 g/mol. The van der Waals surface area contributed by atoms with Crippen LogP contribution in [0.2, 0.25) is 5.02 Å². The number of nitrogens with two attached hydrogens (primary N) is 1. The topological polar surface area (TPSA) is 35.2 Å². The van der Waals surface area contributed by atoms with Crippen LogP contribution in [-0.2, 0) is 12.0 Å². The van der Waals surface area contributed by atoms with Crippen LogP contribution in [0.4, 0.5) is 0 Å². The number of hydrogen-bond donors (Lipinski definition) is 1. The zero-order valence-electron chi connectivity index (χ0n) is 11.2. The van der Waals surface area contributed by atoms with E-state index in [9.17, 15) is 0 Å². The van der Waals surface area contributed by atoms with Gasteiger partial charge in [-0.3, -0.25) is 0 Å². The highest BCUT2D eigenvalue weighted by atomic mass is 35.5. The standard InChI is InChI=1S/C16H18ClNO/c1-16(18,13-6-4-3-5-7-13)11-12-10-14(17)8-9-15(12)19-2/h3-10H,11,18H2,1-2H3. The summed E-state index contributed by atoms with van der Waals surface area (Å²) >= 11 is 6.05. The Morgan fingerprint density at radius 1 is 1.16 bits per heavy atom. The average molecular weight is 276 g/mol. The summed E-state index contributed by atoms with van der Waals surface area (Å²) in [7, 11) is 1.66. The number of rotatable bonds is 4. The van der Waals surface area contributed by atoms with Crippen molar-refractivity contribution in [3.8, 4) is 5.75 Å². The van der Waals surface area contributed by atoms with E-state index in [4.69, 9.17) is 22.1 Å². The third-order valence-electron chi connectivity index (χ3n) is 3.23. The van der Waals surface area contributed by atoms with Crippen molar-refractivity contribution >= 4 is 11.6 Å². The molecule has 0 amide bonds. The molecule has 0 saturated heterocycles. The fraction of sp³-hybridized carbons (Fsp3) is 0.250. The first-order chi connectivity index (χ1) is 9.03. The van der Waals surface area contributed by atoms with E-state index in [-0.39, 0.29) is 0 Å². The molecule has 19 heavy (non-hydrogen) atoms. The van der Waals surface area contributed by atoms with Crippen molar-refractivity contribution in [2.45, 2.75) is 18.9 Å². The molecule has 3 heteroatoms.